The molecule has 0 spiro atoms. The lowest BCUT2D eigenvalue weighted by Gasteiger charge is -2.30. The summed E-state index contributed by atoms with van der Waals surface area (Å²) in [5, 5.41) is 10.2. The number of benzene rings is 5. The van der Waals surface area contributed by atoms with Crippen LogP contribution in [0.5, 0.6) is 0 Å². The Balaban J connectivity index is 1.66. The number of anilines is 3. The van der Waals surface area contributed by atoms with E-state index in [9.17, 15) is 5.26 Å². The summed E-state index contributed by atoms with van der Waals surface area (Å²) in [5.74, 6) is 0. The van der Waals surface area contributed by atoms with Crippen LogP contribution in [0.4, 0.5) is 46.0 Å². The van der Waals surface area contributed by atoms with E-state index in [1.807, 2.05) is 60.7 Å². The van der Waals surface area contributed by atoms with Gasteiger partial charge < -0.3 is 4.90 Å². The van der Waals surface area contributed by atoms with Gasteiger partial charge in [-0.1, -0.05) is 84.9 Å². The molecule has 0 amide bonds. The molecule has 0 atom stereocenters. The molecule has 0 saturated heterocycles. The molecule has 0 aromatic heterocycles. The third-order valence-electron chi connectivity index (χ3n) is 7.28. The molecule has 0 bridgehead atoms. The fourth-order valence-electron chi connectivity index (χ4n) is 5.36. The van der Waals surface area contributed by atoms with Crippen LogP contribution in [0.2, 0.25) is 0 Å². The third kappa shape index (κ3) is 4.61. The largest absolute Gasteiger partial charge is 0.389 e. The van der Waals surface area contributed by atoms with Gasteiger partial charge in [0.15, 0.2) is 0 Å². The van der Waals surface area contributed by atoms with E-state index < -0.39 is 46.0 Å². The highest BCUT2D eigenvalue weighted by Gasteiger charge is 2.61. The van der Waals surface area contributed by atoms with Gasteiger partial charge in [-0.2, -0.15) is 22.8 Å². The lowest BCUT2D eigenvalue weighted by Crippen LogP contribution is -2.20. The Morgan fingerprint density at radius 2 is 1.00 bits per heavy atom. The number of nitriles is 1. The van der Waals surface area contributed by atoms with Crippen molar-refractivity contribution in [1.29, 1.82) is 5.26 Å². The number of nitrogens with zero attached hydrogens (tertiary/aromatic N) is 4. The van der Waals surface area contributed by atoms with Crippen molar-refractivity contribution in [2.75, 3.05) is 4.90 Å². The minimum absolute atomic E-state index is 0.244. The molecular formula is C35H18F4N4O. The maximum Gasteiger partial charge on any atom is 0.389 e. The first-order chi connectivity index (χ1) is 21.2. The van der Waals surface area contributed by atoms with Crippen LogP contribution in [0.1, 0.15) is 16.7 Å². The van der Waals surface area contributed by atoms with Crippen LogP contribution in [0.25, 0.3) is 31.9 Å². The van der Waals surface area contributed by atoms with Crippen LogP contribution < -0.4 is 4.90 Å². The van der Waals surface area contributed by atoms with Gasteiger partial charge in [-0.25, -0.2) is 14.4 Å². The van der Waals surface area contributed by atoms with Crippen LogP contribution in [-0.4, -0.2) is 0 Å². The number of hydrogen-bond acceptors (Lipinski definition) is 3. The average Bonchev–Trinajstić information content (AvgIpc) is 3.25. The predicted molar refractivity (Wildman–Crippen MR) is 158 cm³/mol. The standard InChI is InChI=1S/C35H18F4N4O/c1-41-31-28(21-40)33(30-29(32(31)42-2)34(36,37)44-35(30,38)39)43(26-17-13-24(14-18-26)22-9-5-3-6-10-22)27-19-15-25(16-20-27)23-11-7-4-8-12-23/h3-20H. The quantitative estimate of drug-likeness (QED) is 0.152. The summed E-state index contributed by atoms with van der Waals surface area (Å²) in [5.41, 5.74) is -2.04. The van der Waals surface area contributed by atoms with Gasteiger partial charge in [-0.15, -0.1) is 0 Å². The molecule has 1 heterocycles. The molecule has 6 rings (SSSR count). The molecule has 9 heteroatoms. The van der Waals surface area contributed by atoms with Gasteiger partial charge in [0.2, 0.25) is 11.4 Å². The van der Waals surface area contributed by atoms with Gasteiger partial charge >= 0.3 is 12.2 Å². The van der Waals surface area contributed by atoms with E-state index >= 15 is 17.6 Å². The first kappa shape index (κ1) is 28.2. The monoisotopic (exact) mass is 586 g/mol. The Morgan fingerprint density at radius 3 is 1.41 bits per heavy atom. The number of hydrogen-bond donors (Lipinski definition) is 0. The topological polar surface area (TPSA) is 45.0 Å². The van der Waals surface area contributed by atoms with Gasteiger partial charge in [0, 0.05) is 11.4 Å². The van der Waals surface area contributed by atoms with Gasteiger partial charge in [-0.3, -0.25) is 0 Å². The summed E-state index contributed by atoms with van der Waals surface area (Å²) in [7, 11) is 0. The summed E-state index contributed by atoms with van der Waals surface area (Å²) in [6, 6.07) is 33.8. The fraction of sp³-hybridized carbons (Fsp3) is 0.0571. The molecule has 1 aliphatic rings. The van der Waals surface area contributed by atoms with Crippen LogP contribution in [0, 0.1) is 24.5 Å². The SMILES string of the molecule is [C-]#[N+]c1c(C#N)c(N(c2ccc(-c3ccccc3)cc2)c2ccc(-c3ccccc3)cc2)c2c(c1[N+]#[C-])C(F)(F)OC2(F)F. The summed E-state index contributed by atoms with van der Waals surface area (Å²) in [4.78, 5) is 7.41. The molecular weight excluding hydrogens is 568 g/mol. The van der Waals surface area contributed by atoms with Gasteiger partial charge in [0.1, 0.15) is 0 Å². The Bertz CT molecular complexity index is 1930. The zero-order chi connectivity index (χ0) is 31.1. The van der Waals surface area contributed by atoms with Crippen molar-refractivity contribution in [1.82, 2.24) is 0 Å². The second-order valence-electron chi connectivity index (χ2n) is 9.80. The van der Waals surface area contributed by atoms with E-state index in [4.69, 9.17) is 13.1 Å². The van der Waals surface area contributed by atoms with Gasteiger partial charge in [0.25, 0.3) is 0 Å². The van der Waals surface area contributed by atoms with E-state index in [0.29, 0.717) is 0 Å². The lowest BCUT2D eigenvalue weighted by molar-refractivity contribution is -0.369. The normalized spacial score (nSPS) is 14.1. The lowest BCUT2D eigenvalue weighted by atomic mass is 9.94. The van der Waals surface area contributed by atoms with Crippen LogP contribution in [-0.2, 0) is 17.0 Å². The molecule has 5 aromatic rings. The van der Waals surface area contributed by atoms with Crippen molar-refractivity contribution in [3.8, 4) is 28.3 Å². The second-order valence-corrected chi connectivity index (χ2v) is 9.80. The smallest absolute Gasteiger partial charge is 0.310 e. The zero-order valence-electron chi connectivity index (χ0n) is 22.6. The molecule has 5 aromatic carbocycles. The molecule has 0 saturated carbocycles. The molecule has 5 nitrogen and oxygen atoms in total. The highest BCUT2D eigenvalue weighted by atomic mass is 19.3. The van der Waals surface area contributed by atoms with Gasteiger partial charge in [0.05, 0.1) is 41.6 Å². The van der Waals surface area contributed by atoms with Crippen molar-refractivity contribution in [2.45, 2.75) is 12.2 Å². The number of fused-ring (bicyclic) bond motifs is 1. The van der Waals surface area contributed by atoms with E-state index in [-0.39, 0.29) is 11.4 Å². The Hall–Kier alpha value is -5.95. The highest BCUT2D eigenvalue weighted by Crippen LogP contribution is 2.62. The van der Waals surface area contributed by atoms with E-state index in [2.05, 4.69) is 14.4 Å². The number of alkyl halides is 4. The molecule has 44 heavy (non-hydrogen) atoms. The van der Waals surface area contributed by atoms with Crippen LogP contribution >= 0.6 is 0 Å². The van der Waals surface area contributed by atoms with E-state index in [1.165, 1.54) is 4.90 Å². The molecule has 212 valence electrons. The number of rotatable bonds is 5. The maximum absolute atomic E-state index is 15.5. The second kappa shape index (κ2) is 10.7. The number of ether oxygens (including phenoxy) is 1. The molecule has 0 unspecified atom stereocenters. The molecule has 0 aliphatic carbocycles. The minimum Gasteiger partial charge on any atom is -0.310 e. The molecule has 0 N–H and O–H groups in total. The molecule has 0 fully saturated rings. The molecule has 1 aliphatic heterocycles. The summed E-state index contributed by atoms with van der Waals surface area (Å²) < 4.78 is 65.2. The maximum atomic E-state index is 15.5. The summed E-state index contributed by atoms with van der Waals surface area (Å²) in [6.07, 6.45) is -9.19. The Morgan fingerprint density at radius 1 is 0.591 bits per heavy atom. The summed E-state index contributed by atoms with van der Waals surface area (Å²) in [6.45, 7) is 15.1. The zero-order valence-corrected chi connectivity index (χ0v) is 22.6. The third-order valence-corrected chi connectivity index (χ3v) is 7.28. The Labute approximate surface area is 250 Å². The van der Waals surface area contributed by atoms with E-state index in [0.717, 1.165) is 22.3 Å². The van der Waals surface area contributed by atoms with Crippen LogP contribution in [0.3, 0.4) is 0 Å². The predicted octanol–water partition coefficient (Wildman–Crippen LogP) is 10.6. The van der Waals surface area contributed by atoms with Crippen molar-refractivity contribution in [3.05, 3.63) is 149 Å². The van der Waals surface area contributed by atoms with Crippen molar-refractivity contribution in [2.24, 2.45) is 0 Å². The highest BCUT2D eigenvalue weighted by molar-refractivity contribution is 5.95. The Kier molecular flexibility index (Phi) is 6.86. The first-order valence-electron chi connectivity index (χ1n) is 13.2. The average molecular weight is 587 g/mol. The van der Waals surface area contributed by atoms with Crippen molar-refractivity contribution >= 4 is 28.4 Å². The summed E-state index contributed by atoms with van der Waals surface area (Å²) >= 11 is 0. The number of halogens is 4. The van der Waals surface area contributed by atoms with Gasteiger partial charge in [-0.05, 0) is 46.5 Å². The van der Waals surface area contributed by atoms with Crippen molar-refractivity contribution < 1.29 is 22.3 Å². The van der Waals surface area contributed by atoms with Crippen LogP contribution in [0.15, 0.2) is 109 Å². The van der Waals surface area contributed by atoms with Crippen molar-refractivity contribution in [3.63, 3.8) is 0 Å². The molecule has 0 radical (unpaired) electrons. The minimum atomic E-state index is -4.60. The first-order valence-corrected chi connectivity index (χ1v) is 13.2. The fourth-order valence-corrected chi connectivity index (χ4v) is 5.36. The van der Waals surface area contributed by atoms with E-state index in [1.54, 1.807) is 54.6 Å².